The van der Waals surface area contributed by atoms with Gasteiger partial charge in [-0.25, -0.2) is 14.8 Å². The molecule has 0 bridgehead atoms. The van der Waals surface area contributed by atoms with Gasteiger partial charge in [0.1, 0.15) is 18.3 Å². The average Bonchev–Trinajstić information content (AvgIpc) is 3.93. The van der Waals surface area contributed by atoms with E-state index in [0.29, 0.717) is 18.0 Å². The molecule has 2 saturated heterocycles. The predicted octanol–water partition coefficient (Wildman–Crippen LogP) is 8.96. The van der Waals surface area contributed by atoms with E-state index >= 15 is 0 Å². The van der Waals surface area contributed by atoms with Gasteiger partial charge in [0.25, 0.3) is 0 Å². The zero-order chi connectivity index (χ0) is 33.2. The number of hydrogen-bond donors (Lipinski definition) is 3. The van der Waals surface area contributed by atoms with Crippen LogP contribution in [0.25, 0.3) is 44.4 Å². The fourth-order valence-electron chi connectivity index (χ4n) is 8.76. The summed E-state index contributed by atoms with van der Waals surface area (Å²) in [6.07, 6.45) is 10.6. The first-order valence-corrected chi connectivity index (χ1v) is 18.1. The van der Waals surface area contributed by atoms with Crippen LogP contribution < -0.4 is 5.32 Å². The molecule has 250 valence electrons. The molecule has 4 aliphatic rings. The molecule has 0 radical (unpaired) electrons. The van der Waals surface area contributed by atoms with Crippen molar-refractivity contribution in [1.29, 1.82) is 0 Å². The maximum absolute atomic E-state index is 13.3. The van der Waals surface area contributed by atoms with E-state index in [4.69, 9.17) is 14.7 Å². The Morgan fingerprint density at radius 2 is 1.54 bits per heavy atom. The second-order valence-electron chi connectivity index (χ2n) is 14.7. The average molecular weight is 661 g/mol. The highest BCUT2D eigenvalue weighted by Gasteiger charge is 2.50. The number of rotatable bonds is 7. The molecule has 8 nitrogen and oxygen atoms in total. The number of H-pyrrole nitrogens is 2. The molecule has 2 aliphatic heterocycles. The highest BCUT2D eigenvalue weighted by atomic mass is 16.6. The molecule has 2 aromatic heterocycles. The quantitative estimate of drug-likeness (QED) is 0.159. The van der Waals surface area contributed by atoms with Crippen LogP contribution in [0.4, 0.5) is 4.79 Å². The topological polar surface area (TPSA) is 98.9 Å². The van der Waals surface area contributed by atoms with E-state index in [0.717, 1.165) is 70.5 Å². The van der Waals surface area contributed by atoms with Gasteiger partial charge in [-0.1, -0.05) is 78.9 Å². The summed E-state index contributed by atoms with van der Waals surface area (Å²) in [5.41, 5.74) is 7.48. The van der Waals surface area contributed by atoms with Gasteiger partial charge in [0.15, 0.2) is 0 Å². The minimum Gasteiger partial charge on any atom is -0.445 e. The third kappa shape index (κ3) is 5.21. The standard InChI is InChI=1S/C42H40N6O2/c49-42(50-24-25-4-2-1-3-5-25)48-38-17-15-33(38)21-39(48)41-44-22-36(47-41)27-8-6-26(7-9-27)28-10-11-30-19-31(13-12-29(30)18-28)37-23-43-40(46-37)35-20-32-14-16-34(32)45-35/h1-13,18-19,22-23,32-35,38-39,45H,14-17,20-21,24H2,(H,43,46)(H,44,47)/t32-,33-,34-,35+,38-,39+/m1/s1. The Morgan fingerprint density at radius 1 is 0.780 bits per heavy atom. The van der Waals surface area contributed by atoms with Crippen molar-refractivity contribution in [2.45, 2.75) is 69.3 Å². The van der Waals surface area contributed by atoms with Crippen LogP contribution in [0.2, 0.25) is 0 Å². The number of carbonyl (C=O) groups is 1. The summed E-state index contributed by atoms with van der Waals surface area (Å²) >= 11 is 0. The van der Waals surface area contributed by atoms with E-state index in [1.807, 2.05) is 47.6 Å². The summed E-state index contributed by atoms with van der Waals surface area (Å²) in [6, 6.07) is 32.9. The zero-order valence-electron chi connectivity index (χ0n) is 27.9. The van der Waals surface area contributed by atoms with Crippen molar-refractivity contribution in [1.82, 2.24) is 30.2 Å². The van der Waals surface area contributed by atoms with Gasteiger partial charge >= 0.3 is 6.09 Å². The third-order valence-electron chi connectivity index (χ3n) is 11.9. The van der Waals surface area contributed by atoms with E-state index in [9.17, 15) is 4.79 Å². The monoisotopic (exact) mass is 660 g/mol. The van der Waals surface area contributed by atoms with Crippen molar-refractivity contribution in [2.75, 3.05) is 0 Å². The van der Waals surface area contributed by atoms with Gasteiger partial charge in [-0.05, 0) is 95.5 Å². The van der Waals surface area contributed by atoms with Gasteiger partial charge < -0.3 is 20.0 Å². The Bertz CT molecular complexity index is 2180. The highest BCUT2D eigenvalue weighted by molar-refractivity contribution is 5.90. The van der Waals surface area contributed by atoms with Crippen LogP contribution in [-0.2, 0) is 11.3 Å². The lowest BCUT2D eigenvalue weighted by molar-refractivity contribution is 0.0586. The maximum Gasteiger partial charge on any atom is 0.410 e. The van der Waals surface area contributed by atoms with Crippen molar-refractivity contribution >= 4 is 16.9 Å². The van der Waals surface area contributed by atoms with Crippen LogP contribution in [0.15, 0.2) is 103 Å². The number of benzene rings is 4. The van der Waals surface area contributed by atoms with Gasteiger partial charge in [0.2, 0.25) is 0 Å². The number of aromatic nitrogens is 4. The van der Waals surface area contributed by atoms with Crippen LogP contribution in [0.1, 0.15) is 67.8 Å². The number of ether oxygens (including phenoxy) is 1. The molecule has 50 heavy (non-hydrogen) atoms. The number of nitrogens with zero attached hydrogens (tertiary/aromatic N) is 3. The number of imidazole rings is 2. The molecule has 0 unspecified atom stereocenters. The summed E-state index contributed by atoms with van der Waals surface area (Å²) in [7, 11) is 0. The number of carbonyl (C=O) groups excluding carboxylic acids is 1. The van der Waals surface area contributed by atoms with Crippen LogP contribution in [0, 0.1) is 11.8 Å². The molecule has 3 N–H and O–H groups in total. The molecule has 6 atom stereocenters. The Morgan fingerprint density at radius 3 is 2.28 bits per heavy atom. The van der Waals surface area contributed by atoms with Crippen LogP contribution in [0.5, 0.6) is 0 Å². The summed E-state index contributed by atoms with van der Waals surface area (Å²) in [6.45, 7) is 0.277. The maximum atomic E-state index is 13.3. The molecule has 4 aromatic carbocycles. The van der Waals surface area contributed by atoms with E-state index in [2.05, 4.69) is 75.9 Å². The first kappa shape index (κ1) is 29.7. The molecule has 6 aromatic rings. The van der Waals surface area contributed by atoms with Crippen LogP contribution >= 0.6 is 0 Å². The molecular weight excluding hydrogens is 621 g/mol. The molecule has 2 aliphatic carbocycles. The van der Waals surface area contributed by atoms with Gasteiger partial charge in [0.05, 0.1) is 29.7 Å². The minimum absolute atomic E-state index is 0.101. The number of likely N-dealkylation sites (tertiary alicyclic amines) is 1. The van der Waals surface area contributed by atoms with Gasteiger partial charge in [-0.15, -0.1) is 0 Å². The first-order valence-electron chi connectivity index (χ1n) is 18.1. The number of nitrogens with one attached hydrogen (secondary N) is 3. The smallest absolute Gasteiger partial charge is 0.410 e. The Labute approximate surface area is 291 Å². The predicted molar refractivity (Wildman–Crippen MR) is 194 cm³/mol. The largest absolute Gasteiger partial charge is 0.445 e. The lowest BCUT2D eigenvalue weighted by Gasteiger charge is -2.36. The zero-order valence-corrected chi connectivity index (χ0v) is 27.9. The van der Waals surface area contributed by atoms with Crippen LogP contribution in [0.3, 0.4) is 0 Å². The summed E-state index contributed by atoms with van der Waals surface area (Å²) < 4.78 is 5.78. The molecule has 2 saturated carbocycles. The number of amides is 1. The molecular formula is C42H40N6O2. The molecule has 10 rings (SSSR count). The van der Waals surface area contributed by atoms with E-state index in [-0.39, 0.29) is 24.8 Å². The second-order valence-corrected chi connectivity index (χ2v) is 14.7. The molecule has 8 heteroatoms. The van der Waals surface area contributed by atoms with Crippen molar-refractivity contribution < 1.29 is 9.53 Å². The summed E-state index contributed by atoms with van der Waals surface area (Å²) in [5.74, 6) is 3.23. The number of fused-ring (bicyclic) bond motifs is 3. The second kappa shape index (κ2) is 12.0. The number of aromatic amines is 2. The van der Waals surface area contributed by atoms with Gasteiger partial charge in [-0.3, -0.25) is 4.90 Å². The fourth-order valence-corrected chi connectivity index (χ4v) is 8.76. The Hall–Kier alpha value is -5.21. The normalized spacial score (nSPS) is 25.2. The van der Waals surface area contributed by atoms with E-state index < -0.39 is 0 Å². The van der Waals surface area contributed by atoms with E-state index in [1.54, 1.807) is 0 Å². The summed E-state index contributed by atoms with van der Waals surface area (Å²) in [4.78, 5) is 32.0. The molecule has 1 amide bonds. The van der Waals surface area contributed by atoms with E-state index in [1.165, 1.54) is 35.6 Å². The lowest BCUT2D eigenvalue weighted by atomic mass is 9.80. The third-order valence-corrected chi connectivity index (χ3v) is 11.9. The van der Waals surface area contributed by atoms with Crippen LogP contribution in [-0.4, -0.2) is 43.0 Å². The molecule has 0 spiro atoms. The van der Waals surface area contributed by atoms with Crippen molar-refractivity contribution in [3.05, 3.63) is 121 Å². The fraction of sp³-hybridized carbons (Fsp3) is 0.310. The van der Waals surface area contributed by atoms with Crippen molar-refractivity contribution in [3.8, 4) is 33.6 Å². The minimum atomic E-state index is -0.251. The van der Waals surface area contributed by atoms with Gasteiger partial charge in [0, 0.05) is 23.8 Å². The van der Waals surface area contributed by atoms with Crippen molar-refractivity contribution in [2.24, 2.45) is 11.8 Å². The highest BCUT2D eigenvalue weighted by Crippen LogP contribution is 2.49. The molecule has 4 fully saturated rings. The Kier molecular flexibility index (Phi) is 7.12. The number of hydrogen-bond acceptors (Lipinski definition) is 5. The Balaban J connectivity index is 0.831. The lowest BCUT2D eigenvalue weighted by Crippen LogP contribution is -2.44. The summed E-state index contributed by atoms with van der Waals surface area (Å²) in [5, 5.41) is 6.16. The first-order chi connectivity index (χ1) is 24.6. The van der Waals surface area contributed by atoms with Gasteiger partial charge in [-0.2, -0.15) is 0 Å². The SMILES string of the molecule is O=C(OCc1ccccc1)N1[C@@H]2CC[C@@H]2C[C@H]1c1ncc(-c2ccc(-c3ccc4cc(-c5c[nH]c([C@@H]6C[C@H]7CC[C@H]7N6)n5)ccc4c3)cc2)[nH]1. The van der Waals surface area contributed by atoms with Crippen molar-refractivity contribution in [3.63, 3.8) is 0 Å². The molecule has 4 heterocycles.